The predicted octanol–water partition coefficient (Wildman–Crippen LogP) is 0.824. The second kappa shape index (κ2) is 9.47. The zero-order valence-electron chi connectivity index (χ0n) is 15.6. The van der Waals surface area contributed by atoms with E-state index in [0.29, 0.717) is 5.56 Å². The van der Waals surface area contributed by atoms with Crippen LogP contribution >= 0.6 is 9.47 Å². The maximum Gasteiger partial charge on any atom is 0.441 e. The lowest BCUT2D eigenvalue weighted by Crippen LogP contribution is -2.66. The molecule has 1 heterocycles. The third kappa shape index (κ3) is 4.89. The summed E-state index contributed by atoms with van der Waals surface area (Å²) in [6.45, 7) is 2.88. The number of ether oxygens (including phenoxy) is 1. The number of benzene rings is 1. The van der Waals surface area contributed by atoms with Gasteiger partial charge in [-0.05, 0) is 24.6 Å². The lowest BCUT2D eigenvalue weighted by atomic mass is 9.76. The third-order valence-electron chi connectivity index (χ3n) is 4.72. The zero-order chi connectivity index (χ0) is 21.7. The van der Waals surface area contributed by atoms with Crippen LogP contribution in [0.15, 0.2) is 24.3 Å². The van der Waals surface area contributed by atoms with Gasteiger partial charge in [-0.2, -0.15) is 4.79 Å². The number of esters is 1. The summed E-state index contributed by atoms with van der Waals surface area (Å²) in [5.74, 6) is -3.69. The number of rotatable bonds is 9. The van der Waals surface area contributed by atoms with Gasteiger partial charge in [0.2, 0.25) is 5.91 Å². The van der Waals surface area contributed by atoms with Crippen LogP contribution in [0.25, 0.3) is 5.53 Å². The summed E-state index contributed by atoms with van der Waals surface area (Å²) in [5.41, 5.74) is 8.65. The fourth-order valence-corrected chi connectivity index (χ4v) is 3.11. The van der Waals surface area contributed by atoms with Gasteiger partial charge in [0.05, 0.1) is 23.0 Å². The van der Waals surface area contributed by atoms with Crippen LogP contribution in [0.1, 0.15) is 19.4 Å². The van der Waals surface area contributed by atoms with Crippen molar-refractivity contribution in [3.8, 4) is 0 Å². The Morgan fingerprint density at radius 1 is 1.34 bits per heavy atom. The number of nitro benzene ring substituents is 1. The Bertz CT molecular complexity index is 882. The van der Waals surface area contributed by atoms with E-state index in [4.69, 9.17) is 14.8 Å². The number of carbonyl (C=O) groups is 3. The Kier molecular flexibility index (Phi) is 7.28. The molecule has 0 aliphatic carbocycles. The molecule has 2 rings (SSSR count). The highest BCUT2D eigenvalue weighted by atomic mass is 31.0. The van der Waals surface area contributed by atoms with E-state index in [1.807, 2.05) is 0 Å². The molecule has 1 aromatic rings. The van der Waals surface area contributed by atoms with Gasteiger partial charge in [-0.1, -0.05) is 6.92 Å². The van der Waals surface area contributed by atoms with Crippen molar-refractivity contribution < 1.29 is 33.4 Å². The topological polar surface area (TPSA) is 161 Å². The largest absolute Gasteiger partial charge is 0.452 e. The van der Waals surface area contributed by atoms with Crippen LogP contribution in [0.5, 0.6) is 0 Å². The Morgan fingerprint density at radius 2 is 1.97 bits per heavy atom. The minimum atomic E-state index is -1.15. The van der Waals surface area contributed by atoms with Crippen molar-refractivity contribution in [1.82, 2.24) is 5.32 Å². The molecule has 5 unspecified atom stereocenters. The van der Waals surface area contributed by atoms with Crippen LogP contribution in [-0.4, -0.2) is 45.2 Å². The number of nitrogens with zero attached hydrogens (tertiary/aromatic N) is 3. The first-order valence-corrected chi connectivity index (χ1v) is 9.01. The molecule has 1 aliphatic rings. The quantitative estimate of drug-likeness (QED) is 0.0709. The van der Waals surface area contributed by atoms with E-state index in [1.54, 1.807) is 6.92 Å². The fraction of sp³-hybridized carbons (Fsp3) is 0.412. The molecule has 1 aromatic carbocycles. The normalized spacial score (nSPS) is 19.8. The molecule has 0 saturated carbocycles. The van der Waals surface area contributed by atoms with E-state index in [2.05, 4.69) is 19.6 Å². The summed E-state index contributed by atoms with van der Waals surface area (Å²) < 4.78 is 10.0. The molecule has 1 N–H and O–H groups in total. The van der Waals surface area contributed by atoms with Gasteiger partial charge < -0.3 is 20.1 Å². The van der Waals surface area contributed by atoms with Crippen molar-refractivity contribution in [2.24, 2.45) is 11.8 Å². The highest BCUT2D eigenvalue weighted by Gasteiger charge is 2.50. The molecule has 11 nitrogen and oxygen atoms in total. The van der Waals surface area contributed by atoms with Crippen molar-refractivity contribution in [3.05, 3.63) is 45.5 Å². The number of nitro groups is 1. The number of β-lactam (4-membered cyclic amide) rings is 1. The van der Waals surface area contributed by atoms with Crippen LogP contribution in [0.3, 0.4) is 0 Å². The minimum Gasteiger partial charge on any atom is -0.452 e. The summed E-state index contributed by atoms with van der Waals surface area (Å²) in [7, 11) is 2.05. The molecule has 1 amide bonds. The Morgan fingerprint density at radius 3 is 2.45 bits per heavy atom. The van der Waals surface area contributed by atoms with Gasteiger partial charge in [0.25, 0.3) is 11.5 Å². The minimum absolute atomic E-state index is 0.123. The van der Waals surface area contributed by atoms with Crippen LogP contribution in [0.2, 0.25) is 0 Å². The molecule has 154 valence electrons. The Hall–Kier alpha value is -3.00. The molecule has 0 spiro atoms. The number of nitrogens with one attached hydrogen (secondary N) is 1. The van der Waals surface area contributed by atoms with Crippen LogP contribution in [-0.2, 0) is 30.3 Å². The van der Waals surface area contributed by atoms with Crippen molar-refractivity contribution in [2.75, 3.05) is 0 Å². The fourth-order valence-electron chi connectivity index (χ4n) is 2.94. The molecule has 12 heteroatoms. The highest BCUT2D eigenvalue weighted by Crippen LogP contribution is 2.28. The summed E-state index contributed by atoms with van der Waals surface area (Å²) in [4.78, 5) is 49.3. The van der Waals surface area contributed by atoms with Crippen molar-refractivity contribution in [1.29, 1.82) is 0 Å². The average molecular weight is 422 g/mol. The van der Waals surface area contributed by atoms with Crippen LogP contribution in [0.4, 0.5) is 5.69 Å². The molecule has 5 atom stereocenters. The first kappa shape index (κ1) is 22.3. The van der Waals surface area contributed by atoms with Crippen molar-refractivity contribution in [2.45, 2.75) is 32.6 Å². The lowest BCUT2D eigenvalue weighted by molar-refractivity contribution is -0.384. The molecule has 29 heavy (non-hydrogen) atoms. The number of non-ortho nitro benzene ring substituents is 1. The second-order valence-electron chi connectivity index (χ2n) is 6.50. The SMILES string of the molecule is CC(OP)C1C(=O)NC1C(C)C(=O)C(=[N+]=[N-])C(=O)OCc1ccc([N+](=O)[O-])cc1. The summed E-state index contributed by atoms with van der Waals surface area (Å²) in [6, 6.07) is 4.68. The summed E-state index contributed by atoms with van der Waals surface area (Å²) in [5, 5.41) is 13.2. The van der Waals surface area contributed by atoms with Gasteiger partial charge in [-0.3, -0.25) is 19.7 Å². The van der Waals surface area contributed by atoms with Gasteiger partial charge in [0.1, 0.15) is 6.61 Å². The maximum atomic E-state index is 12.6. The monoisotopic (exact) mass is 422 g/mol. The molecule has 0 radical (unpaired) electrons. The molecule has 1 fully saturated rings. The van der Waals surface area contributed by atoms with E-state index in [-0.39, 0.29) is 18.2 Å². The number of carbonyl (C=O) groups excluding carboxylic acids is 3. The third-order valence-corrected chi connectivity index (χ3v) is 5.14. The van der Waals surface area contributed by atoms with Crippen molar-refractivity contribution >= 4 is 38.5 Å². The average Bonchev–Trinajstić information content (AvgIpc) is 2.70. The smallest absolute Gasteiger partial charge is 0.441 e. The highest BCUT2D eigenvalue weighted by molar-refractivity contribution is 7.09. The second-order valence-corrected chi connectivity index (χ2v) is 6.77. The number of hydrogen-bond acceptors (Lipinski definition) is 7. The molecule has 1 saturated heterocycles. The first-order valence-electron chi connectivity index (χ1n) is 8.53. The van der Waals surface area contributed by atoms with Gasteiger partial charge in [0.15, 0.2) is 0 Å². The first-order chi connectivity index (χ1) is 13.7. The number of ketones is 1. The van der Waals surface area contributed by atoms with Crippen LogP contribution in [0, 0.1) is 22.0 Å². The zero-order valence-corrected chi connectivity index (χ0v) is 16.8. The van der Waals surface area contributed by atoms with E-state index in [0.717, 1.165) is 0 Å². The lowest BCUT2D eigenvalue weighted by Gasteiger charge is -2.41. The number of Topliss-reactive ketones (excluding diaryl/α,β-unsaturated/α-hetero) is 1. The standard InChI is InChI=1S/C17H19N4O7P/c1-8(13-12(9(2)28-29)16(23)19-13)15(22)14(20-18)17(24)27-7-10-3-5-11(6-4-10)21(25)26/h3-6,8-9,12-13H,7,29H2,1-2H3,(H,19,23). The van der Waals surface area contributed by atoms with Crippen molar-refractivity contribution in [3.63, 3.8) is 0 Å². The Labute approximate surface area is 167 Å². The molecular formula is C17H19N4O7P. The van der Waals surface area contributed by atoms with E-state index in [9.17, 15) is 24.5 Å². The maximum absolute atomic E-state index is 12.6. The van der Waals surface area contributed by atoms with E-state index in [1.165, 1.54) is 31.2 Å². The molecule has 0 aromatic heterocycles. The van der Waals surface area contributed by atoms with Gasteiger partial charge >= 0.3 is 11.7 Å². The van der Waals surface area contributed by atoms with E-state index < -0.39 is 46.4 Å². The molecular weight excluding hydrogens is 403 g/mol. The number of amides is 1. The molecule has 0 bridgehead atoms. The molecule has 1 aliphatic heterocycles. The van der Waals surface area contributed by atoms with E-state index >= 15 is 0 Å². The van der Waals surface area contributed by atoms with Gasteiger partial charge in [0, 0.05) is 27.5 Å². The predicted molar refractivity (Wildman–Crippen MR) is 101 cm³/mol. The summed E-state index contributed by atoms with van der Waals surface area (Å²) in [6.07, 6.45) is -0.474. The number of hydrogen-bond donors (Lipinski definition) is 1. The van der Waals surface area contributed by atoms with Crippen LogP contribution < -0.4 is 5.32 Å². The summed E-state index contributed by atoms with van der Waals surface area (Å²) >= 11 is 0. The van der Waals surface area contributed by atoms with Gasteiger partial charge in [-0.15, -0.1) is 0 Å². The Balaban J connectivity index is 2.01. The van der Waals surface area contributed by atoms with Gasteiger partial charge in [-0.25, -0.2) is 4.79 Å².